The molecule has 0 unspecified atom stereocenters. The van der Waals surface area contributed by atoms with Crippen molar-refractivity contribution >= 4 is 38.9 Å². The van der Waals surface area contributed by atoms with E-state index in [1.807, 2.05) is 12.1 Å². The van der Waals surface area contributed by atoms with Crippen molar-refractivity contribution < 1.29 is 17.6 Å². The summed E-state index contributed by atoms with van der Waals surface area (Å²) in [6, 6.07) is 6.36. The maximum Gasteiger partial charge on any atom is 0.284 e. The van der Waals surface area contributed by atoms with Crippen LogP contribution in [0.4, 0.5) is 0 Å². The van der Waals surface area contributed by atoms with Gasteiger partial charge in [-0.25, -0.2) is 8.42 Å². The van der Waals surface area contributed by atoms with E-state index in [2.05, 4.69) is 4.90 Å². The number of halogens is 1. The van der Waals surface area contributed by atoms with Gasteiger partial charge in [0.25, 0.3) is 15.9 Å². The number of hydrogen-bond acceptors (Lipinski definition) is 6. The summed E-state index contributed by atoms with van der Waals surface area (Å²) in [5.74, 6) is -0.960. The monoisotopic (exact) mass is 389 g/mol. The average molecular weight is 390 g/mol. The fourth-order valence-corrected chi connectivity index (χ4v) is 4.97. The van der Waals surface area contributed by atoms with Crippen LogP contribution < -0.4 is 5.73 Å². The average Bonchev–Trinajstić information content (AvgIpc) is 3.17. The normalized spacial score (nSPS) is 17.2. The number of carbonyl (C=O) groups excluding carboxylic acids is 1. The minimum absolute atomic E-state index is 0.165. The minimum Gasteiger partial charge on any atom is -0.438 e. The standard InChI is InChI=1S/C14H16ClN3O4S2/c15-12-3-1-10(23-12)9-17-5-7-18(8-6-17)24(20,21)13-4-2-11(22-13)14(16)19/h1-4H,5-9H2,(H2,16,19). The number of thiophene rings is 1. The SMILES string of the molecule is NC(=O)c1ccc(S(=O)(=O)N2CCN(Cc3ccc(Cl)s3)CC2)o1. The summed E-state index contributed by atoms with van der Waals surface area (Å²) in [4.78, 5) is 14.4. The Morgan fingerprint density at radius 3 is 2.46 bits per heavy atom. The van der Waals surface area contributed by atoms with E-state index in [-0.39, 0.29) is 10.9 Å². The van der Waals surface area contributed by atoms with Crippen molar-refractivity contribution in [2.75, 3.05) is 26.2 Å². The highest BCUT2D eigenvalue weighted by molar-refractivity contribution is 7.89. The largest absolute Gasteiger partial charge is 0.438 e. The van der Waals surface area contributed by atoms with Crippen molar-refractivity contribution in [3.8, 4) is 0 Å². The summed E-state index contributed by atoms with van der Waals surface area (Å²) in [5.41, 5.74) is 5.09. The van der Waals surface area contributed by atoms with E-state index in [1.165, 1.54) is 27.8 Å². The molecule has 2 N–H and O–H groups in total. The lowest BCUT2D eigenvalue weighted by Crippen LogP contribution is -2.48. The summed E-state index contributed by atoms with van der Waals surface area (Å²) >= 11 is 7.45. The van der Waals surface area contributed by atoms with Crippen LogP contribution in [0.25, 0.3) is 0 Å². The fourth-order valence-electron chi connectivity index (χ4n) is 2.50. The number of nitrogens with two attached hydrogens (primary N) is 1. The molecule has 130 valence electrons. The molecule has 0 bridgehead atoms. The van der Waals surface area contributed by atoms with Crippen molar-refractivity contribution in [1.82, 2.24) is 9.21 Å². The zero-order chi connectivity index (χ0) is 17.3. The van der Waals surface area contributed by atoms with Crippen molar-refractivity contribution in [3.63, 3.8) is 0 Å². The summed E-state index contributed by atoms with van der Waals surface area (Å²) in [6.45, 7) is 2.68. The lowest BCUT2D eigenvalue weighted by atomic mass is 10.3. The van der Waals surface area contributed by atoms with Crippen LogP contribution in [0.1, 0.15) is 15.4 Å². The number of rotatable bonds is 5. The molecular formula is C14H16ClN3O4S2. The van der Waals surface area contributed by atoms with E-state index < -0.39 is 15.9 Å². The molecule has 1 saturated heterocycles. The summed E-state index contributed by atoms with van der Waals surface area (Å²) in [6.07, 6.45) is 0. The summed E-state index contributed by atoms with van der Waals surface area (Å²) < 4.78 is 32.2. The smallest absolute Gasteiger partial charge is 0.284 e. The van der Waals surface area contributed by atoms with Crippen LogP contribution in [-0.4, -0.2) is 49.7 Å². The van der Waals surface area contributed by atoms with Crippen LogP contribution in [0.5, 0.6) is 0 Å². The molecule has 10 heteroatoms. The van der Waals surface area contributed by atoms with Crippen LogP contribution >= 0.6 is 22.9 Å². The Balaban J connectivity index is 1.63. The van der Waals surface area contributed by atoms with Gasteiger partial charge in [0, 0.05) is 37.6 Å². The third-order valence-corrected chi connectivity index (χ3v) is 6.75. The third kappa shape index (κ3) is 3.65. The van der Waals surface area contributed by atoms with E-state index in [1.54, 1.807) is 0 Å². The van der Waals surface area contributed by atoms with Crippen molar-refractivity contribution in [1.29, 1.82) is 0 Å². The number of primary amides is 1. The van der Waals surface area contributed by atoms with Gasteiger partial charge in [-0.05, 0) is 24.3 Å². The molecule has 1 aliphatic heterocycles. The highest BCUT2D eigenvalue weighted by atomic mass is 35.5. The molecular weight excluding hydrogens is 374 g/mol. The molecule has 24 heavy (non-hydrogen) atoms. The molecule has 2 aromatic heterocycles. The van der Waals surface area contributed by atoms with Crippen LogP contribution in [0.3, 0.4) is 0 Å². The van der Waals surface area contributed by atoms with Gasteiger partial charge in [0.15, 0.2) is 5.76 Å². The van der Waals surface area contributed by atoms with E-state index in [0.29, 0.717) is 26.2 Å². The molecule has 0 aliphatic carbocycles. The van der Waals surface area contributed by atoms with Crippen molar-refractivity contribution in [3.05, 3.63) is 39.2 Å². The predicted octanol–water partition coefficient (Wildman–Crippen LogP) is 1.60. The number of piperazine rings is 1. The molecule has 2 aromatic rings. The van der Waals surface area contributed by atoms with Crippen LogP contribution in [0.15, 0.2) is 33.8 Å². The Kier molecular flexibility index (Phi) is 4.97. The van der Waals surface area contributed by atoms with E-state index in [0.717, 1.165) is 15.8 Å². The van der Waals surface area contributed by atoms with E-state index in [9.17, 15) is 13.2 Å². The second-order valence-corrected chi connectivity index (χ2v) is 9.04. The van der Waals surface area contributed by atoms with Crippen molar-refractivity contribution in [2.45, 2.75) is 11.6 Å². The number of carbonyl (C=O) groups is 1. The Morgan fingerprint density at radius 1 is 1.21 bits per heavy atom. The zero-order valence-corrected chi connectivity index (χ0v) is 15.0. The molecule has 0 radical (unpaired) electrons. The predicted molar refractivity (Wildman–Crippen MR) is 90.6 cm³/mol. The third-order valence-electron chi connectivity index (χ3n) is 3.76. The lowest BCUT2D eigenvalue weighted by molar-refractivity contribution is 0.0968. The molecule has 7 nitrogen and oxygen atoms in total. The summed E-state index contributed by atoms with van der Waals surface area (Å²) in [7, 11) is -3.75. The first-order valence-electron chi connectivity index (χ1n) is 7.22. The first kappa shape index (κ1) is 17.4. The van der Waals surface area contributed by atoms with Gasteiger partial charge in [0.1, 0.15) is 0 Å². The summed E-state index contributed by atoms with van der Waals surface area (Å²) in [5, 5.41) is -0.255. The van der Waals surface area contributed by atoms with Crippen LogP contribution in [-0.2, 0) is 16.6 Å². The minimum atomic E-state index is -3.75. The molecule has 1 aliphatic rings. The number of hydrogen-bond donors (Lipinski definition) is 1. The van der Waals surface area contributed by atoms with Gasteiger partial charge in [0.2, 0.25) is 5.09 Å². The Morgan fingerprint density at radius 2 is 1.92 bits per heavy atom. The fraction of sp³-hybridized carbons (Fsp3) is 0.357. The molecule has 0 saturated carbocycles. The van der Waals surface area contributed by atoms with Gasteiger partial charge in [0.05, 0.1) is 4.34 Å². The first-order chi connectivity index (χ1) is 11.4. The molecule has 3 rings (SSSR count). The van der Waals surface area contributed by atoms with Gasteiger partial charge in [-0.3, -0.25) is 9.69 Å². The Hall–Kier alpha value is -1.39. The van der Waals surface area contributed by atoms with Gasteiger partial charge in [-0.15, -0.1) is 11.3 Å². The quantitative estimate of drug-likeness (QED) is 0.837. The highest BCUT2D eigenvalue weighted by Crippen LogP contribution is 2.24. The van der Waals surface area contributed by atoms with E-state index >= 15 is 0 Å². The van der Waals surface area contributed by atoms with Crippen molar-refractivity contribution in [2.24, 2.45) is 5.73 Å². The van der Waals surface area contributed by atoms with Gasteiger partial charge in [-0.2, -0.15) is 4.31 Å². The zero-order valence-electron chi connectivity index (χ0n) is 12.6. The molecule has 3 heterocycles. The maximum atomic E-state index is 12.5. The number of nitrogens with zero attached hydrogens (tertiary/aromatic N) is 2. The molecule has 1 fully saturated rings. The number of sulfonamides is 1. The second kappa shape index (κ2) is 6.85. The number of amides is 1. The Bertz CT molecular complexity index is 838. The molecule has 0 aromatic carbocycles. The van der Waals surface area contributed by atoms with Gasteiger partial charge < -0.3 is 10.2 Å². The maximum absolute atomic E-state index is 12.5. The topological polar surface area (TPSA) is 96.8 Å². The van der Waals surface area contributed by atoms with Gasteiger partial charge >= 0.3 is 0 Å². The second-order valence-electron chi connectivity index (χ2n) is 5.37. The first-order valence-corrected chi connectivity index (χ1v) is 9.86. The van der Waals surface area contributed by atoms with Crippen LogP contribution in [0.2, 0.25) is 4.34 Å². The molecule has 1 amide bonds. The van der Waals surface area contributed by atoms with Crippen LogP contribution in [0, 0.1) is 0 Å². The molecule has 0 atom stereocenters. The van der Waals surface area contributed by atoms with Gasteiger partial charge in [-0.1, -0.05) is 11.6 Å². The lowest BCUT2D eigenvalue weighted by Gasteiger charge is -2.33. The molecule has 0 spiro atoms. The number of furan rings is 1. The van der Waals surface area contributed by atoms with E-state index in [4.69, 9.17) is 21.8 Å². The Labute approximate surface area is 148 Å². The highest BCUT2D eigenvalue weighted by Gasteiger charge is 2.31.